The Morgan fingerprint density at radius 2 is 2.09 bits per heavy atom. The molecular formula is C23H31N7O3. The summed E-state index contributed by atoms with van der Waals surface area (Å²) in [6.45, 7) is 3.26. The lowest BCUT2D eigenvalue weighted by Gasteiger charge is -2.25. The number of anilines is 1. The highest BCUT2D eigenvalue weighted by Gasteiger charge is 2.28. The number of nitrogens with one attached hydrogen (secondary N) is 2. The van der Waals surface area contributed by atoms with Crippen LogP contribution in [-0.4, -0.2) is 67.8 Å². The lowest BCUT2D eigenvalue weighted by Crippen LogP contribution is -2.23. The summed E-state index contributed by atoms with van der Waals surface area (Å²) >= 11 is 0. The zero-order chi connectivity index (χ0) is 22.9. The van der Waals surface area contributed by atoms with Gasteiger partial charge >= 0.3 is 0 Å². The summed E-state index contributed by atoms with van der Waals surface area (Å²) in [6, 6.07) is 1.98. The Kier molecular flexibility index (Phi) is 6.03. The van der Waals surface area contributed by atoms with Crippen LogP contribution in [0.15, 0.2) is 24.7 Å². The van der Waals surface area contributed by atoms with Crippen LogP contribution < -0.4 is 10.6 Å². The summed E-state index contributed by atoms with van der Waals surface area (Å²) in [4.78, 5) is 16.7. The van der Waals surface area contributed by atoms with Crippen LogP contribution in [-0.2, 0) is 9.53 Å². The van der Waals surface area contributed by atoms with Gasteiger partial charge in [-0.1, -0.05) is 0 Å². The van der Waals surface area contributed by atoms with E-state index >= 15 is 0 Å². The van der Waals surface area contributed by atoms with E-state index in [2.05, 4.69) is 26.8 Å². The van der Waals surface area contributed by atoms with Crippen LogP contribution in [0.3, 0.4) is 0 Å². The van der Waals surface area contributed by atoms with Gasteiger partial charge in [0.25, 0.3) is 0 Å². The Morgan fingerprint density at radius 1 is 1.27 bits per heavy atom. The Hall–Kier alpha value is -2.98. The third-order valence-electron chi connectivity index (χ3n) is 6.70. The molecule has 0 spiro atoms. The number of nitrogens with zero attached hydrogens (tertiary/aromatic N) is 5. The van der Waals surface area contributed by atoms with Crippen molar-refractivity contribution in [1.82, 2.24) is 29.7 Å². The van der Waals surface area contributed by atoms with Crippen molar-refractivity contribution in [3.05, 3.63) is 30.4 Å². The van der Waals surface area contributed by atoms with E-state index in [4.69, 9.17) is 9.84 Å². The standard InChI is InChI=1S/C23H31N7O3/c1-14(13-33-2)27-23-25-11-21-18(16-10-26-29(12-16)19-7-8-24-22(19)32)9-20(30(21)28-23)15-3-5-17(31)6-4-15/h9-12,14-15,17,19,31H,3-8,13H2,1-2H3,(H,24,32)(H,27,28)/t14-,15-,17-,19-/m0/s1. The minimum atomic E-state index is -0.263. The van der Waals surface area contributed by atoms with Gasteiger partial charge in [0.1, 0.15) is 6.04 Å². The summed E-state index contributed by atoms with van der Waals surface area (Å²) in [5.74, 6) is 0.867. The number of carbonyl (C=O) groups is 1. The molecule has 176 valence electrons. The number of aromatic nitrogens is 5. The molecule has 3 N–H and O–H groups in total. The molecule has 1 aliphatic heterocycles. The van der Waals surface area contributed by atoms with Crippen LogP contribution in [0.5, 0.6) is 0 Å². The minimum Gasteiger partial charge on any atom is -0.393 e. The van der Waals surface area contributed by atoms with Crippen molar-refractivity contribution in [3.63, 3.8) is 0 Å². The molecule has 1 saturated heterocycles. The molecule has 10 nitrogen and oxygen atoms in total. The number of aliphatic hydroxyl groups is 1. The van der Waals surface area contributed by atoms with Gasteiger partial charge in [-0.05, 0) is 45.1 Å². The highest BCUT2D eigenvalue weighted by molar-refractivity contribution is 5.83. The molecule has 2 aliphatic rings. The van der Waals surface area contributed by atoms with Crippen LogP contribution in [0, 0.1) is 0 Å². The van der Waals surface area contributed by atoms with Crippen LogP contribution in [0.1, 0.15) is 56.7 Å². The van der Waals surface area contributed by atoms with Crippen molar-refractivity contribution < 1.29 is 14.6 Å². The molecule has 0 unspecified atom stereocenters. The van der Waals surface area contributed by atoms with Gasteiger partial charge in [-0.15, -0.1) is 5.10 Å². The van der Waals surface area contributed by atoms with E-state index in [1.54, 1.807) is 11.8 Å². The van der Waals surface area contributed by atoms with Crippen molar-refractivity contribution in [2.75, 3.05) is 25.6 Å². The lowest BCUT2D eigenvalue weighted by atomic mass is 9.85. The van der Waals surface area contributed by atoms with Gasteiger partial charge < -0.3 is 20.5 Å². The molecule has 2 atom stereocenters. The maximum Gasteiger partial charge on any atom is 0.244 e. The maximum atomic E-state index is 12.1. The molecule has 2 fully saturated rings. The average molecular weight is 454 g/mol. The number of methoxy groups -OCH3 is 1. The van der Waals surface area contributed by atoms with E-state index < -0.39 is 0 Å². The minimum absolute atomic E-state index is 0.0112. The molecule has 4 heterocycles. The predicted molar refractivity (Wildman–Crippen MR) is 123 cm³/mol. The van der Waals surface area contributed by atoms with Gasteiger partial charge in [0.05, 0.1) is 30.6 Å². The number of hydrogen-bond acceptors (Lipinski definition) is 7. The van der Waals surface area contributed by atoms with Crippen LogP contribution in [0.4, 0.5) is 5.95 Å². The number of carbonyl (C=O) groups excluding carboxylic acids is 1. The second kappa shape index (κ2) is 9.11. The summed E-state index contributed by atoms with van der Waals surface area (Å²) < 4.78 is 8.95. The molecule has 3 aromatic rings. The van der Waals surface area contributed by atoms with Crippen molar-refractivity contribution in [2.45, 2.75) is 63.1 Å². The molecule has 1 saturated carbocycles. The van der Waals surface area contributed by atoms with Crippen molar-refractivity contribution in [3.8, 4) is 11.1 Å². The van der Waals surface area contributed by atoms with E-state index in [-0.39, 0.29) is 24.1 Å². The first-order valence-corrected chi connectivity index (χ1v) is 11.7. The first-order chi connectivity index (χ1) is 16.0. The van der Waals surface area contributed by atoms with E-state index in [0.29, 0.717) is 25.0 Å². The second-order valence-corrected chi connectivity index (χ2v) is 9.17. The third-order valence-corrected chi connectivity index (χ3v) is 6.70. The van der Waals surface area contributed by atoms with Gasteiger partial charge in [-0.3, -0.25) is 9.48 Å². The van der Waals surface area contributed by atoms with Crippen molar-refractivity contribution >= 4 is 17.4 Å². The SMILES string of the molecule is COC[C@H](C)Nc1ncc2c(-c3cnn([C@H]4CCNC4=O)c3)cc([C@H]3CC[C@H](O)CC3)n2n1. The number of amides is 1. The number of hydrogen-bond donors (Lipinski definition) is 3. The molecule has 10 heteroatoms. The molecule has 0 aromatic carbocycles. The van der Waals surface area contributed by atoms with Crippen LogP contribution in [0.25, 0.3) is 16.6 Å². The molecular weight excluding hydrogens is 422 g/mol. The number of rotatable bonds is 7. The smallest absolute Gasteiger partial charge is 0.244 e. The molecule has 0 bridgehead atoms. The first kappa shape index (κ1) is 21.8. The van der Waals surface area contributed by atoms with Gasteiger partial charge in [-0.25, -0.2) is 9.50 Å². The average Bonchev–Trinajstić information content (AvgIpc) is 3.52. The highest BCUT2D eigenvalue weighted by Crippen LogP contribution is 2.37. The Bertz CT molecular complexity index is 1130. The molecule has 1 amide bonds. The fraction of sp³-hybridized carbons (Fsp3) is 0.565. The molecule has 3 aromatic heterocycles. The number of aliphatic hydroxyl groups excluding tert-OH is 1. The topological polar surface area (TPSA) is 119 Å². The summed E-state index contributed by atoms with van der Waals surface area (Å²) in [7, 11) is 1.67. The van der Waals surface area contributed by atoms with Crippen molar-refractivity contribution in [2.24, 2.45) is 0 Å². The maximum absolute atomic E-state index is 12.1. The fourth-order valence-corrected chi connectivity index (χ4v) is 4.97. The zero-order valence-electron chi connectivity index (χ0n) is 19.1. The number of ether oxygens (including phenoxy) is 1. The fourth-order valence-electron chi connectivity index (χ4n) is 4.97. The van der Waals surface area contributed by atoms with Gasteiger partial charge in [-0.2, -0.15) is 5.10 Å². The van der Waals surface area contributed by atoms with Gasteiger partial charge in [0, 0.05) is 48.6 Å². The highest BCUT2D eigenvalue weighted by atomic mass is 16.5. The summed E-state index contributed by atoms with van der Waals surface area (Å²) in [5, 5.41) is 25.5. The van der Waals surface area contributed by atoms with Crippen molar-refractivity contribution in [1.29, 1.82) is 0 Å². The normalized spacial score (nSPS) is 24.2. The zero-order valence-corrected chi connectivity index (χ0v) is 19.1. The van der Waals surface area contributed by atoms with Gasteiger partial charge in [0.2, 0.25) is 11.9 Å². The molecule has 1 aliphatic carbocycles. The van der Waals surface area contributed by atoms with E-state index in [1.807, 2.05) is 30.0 Å². The van der Waals surface area contributed by atoms with Crippen LogP contribution in [0.2, 0.25) is 0 Å². The van der Waals surface area contributed by atoms with Gasteiger partial charge in [0.15, 0.2) is 0 Å². The summed E-state index contributed by atoms with van der Waals surface area (Å²) in [6.07, 6.45) is 9.53. The van der Waals surface area contributed by atoms with E-state index in [0.717, 1.165) is 54.4 Å². The monoisotopic (exact) mass is 453 g/mol. The van der Waals surface area contributed by atoms with Crippen LogP contribution >= 0.6 is 0 Å². The Balaban J connectivity index is 1.53. The van der Waals surface area contributed by atoms with E-state index in [9.17, 15) is 9.90 Å². The number of fused-ring (bicyclic) bond motifs is 1. The largest absolute Gasteiger partial charge is 0.393 e. The quantitative estimate of drug-likeness (QED) is 0.501. The second-order valence-electron chi connectivity index (χ2n) is 9.17. The third kappa shape index (κ3) is 4.32. The Morgan fingerprint density at radius 3 is 2.82 bits per heavy atom. The molecule has 0 radical (unpaired) electrons. The first-order valence-electron chi connectivity index (χ1n) is 11.7. The summed E-state index contributed by atoms with van der Waals surface area (Å²) in [5.41, 5.74) is 3.95. The van der Waals surface area contributed by atoms with E-state index in [1.165, 1.54) is 0 Å². The predicted octanol–water partition coefficient (Wildman–Crippen LogP) is 2.12. The lowest BCUT2D eigenvalue weighted by molar-refractivity contribution is -0.122. The molecule has 33 heavy (non-hydrogen) atoms. The molecule has 5 rings (SSSR count). The Labute approximate surface area is 192 Å².